The average molecular weight is 354 g/mol. The maximum Gasteiger partial charge on any atom is 0.0348 e. The fourth-order valence-corrected chi connectivity index (χ4v) is 3.52. The number of unbranched alkanes of at least 4 members (excludes halogenated alkanes) is 1. The number of hydrogen-bond acceptors (Lipinski definition) is 1. The Bertz CT molecular complexity index is 764. The quantitative estimate of drug-likeness (QED) is 0.461. The summed E-state index contributed by atoms with van der Waals surface area (Å²) in [4.78, 5) is 2.51. The Balaban J connectivity index is 0.00000225. The maximum atomic E-state index is 2.51. The molecule has 0 spiro atoms. The molecule has 0 bridgehead atoms. The lowest BCUT2D eigenvalue weighted by molar-refractivity contribution is 0.221. The van der Waals surface area contributed by atoms with Crippen LogP contribution in [0.2, 0.25) is 0 Å². The van der Waals surface area contributed by atoms with Gasteiger partial charge >= 0.3 is 0 Å². The maximum absolute atomic E-state index is 2.51. The summed E-state index contributed by atoms with van der Waals surface area (Å²) in [6, 6.07) is 26.7. The van der Waals surface area contributed by atoms with E-state index in [1.54, 1.807) is 0 Å². The Kier molecular flexibility index (Phi) is 7.49. The number of hydrogen-bond donors (Lipinski definition) is 0. The van der Waals surface area contributed by atoms with E-state index < -0.39 is 0 Å². The molecule has 0 heterocycles. The molecule has 0 aliphatic heterocycles. The minimum atomic E-state index is 0. The van der Waals surface area contributed by atoms with E-state index in [0.29, 0.717) is 6.04 Å². The third-order valence-corrected chi connectivity index (χ3v) is 4.85. The third kappa shape index (κ3) is 4.84. The number of benzene rings is 3. The molecular formula is C23H28ClN. The van der Waals surface area contributed by atoms with Crippen molar-refractivity contribution in [2.75, 3.05) is 7.05 Å². The van der Waals surface area contributed by atoms with Gasteiger partial charge in [0.15, 0.2) is 0 Å². The van der Waals surface area contributed by atoms with Crippen molar-refractivity contribution in [1.82, 2.24) is 4.90 Å². The summed E-state index contributed by atoms with van der Waals surface area (Å²) in [7, 11) is 2.26. The molecule has 25 heavy (non-hydrogen) atoms. The molecule has 132 valence electrons. The zero-order valence-electron chi connectivity index (χ0n) is 15.2. The summed E-state index contributed by atoms with van der Waals surface area (Å²) in [5, 5.41) is 2.70. The molecule has 3 aromatic carbocycles. The van der Waals surface area contributed by atoms with Gasteiger partial charge in [0.1, 0.15) is 0 Å². The van der Waals surface area contributed by atoms with E-state index in [-0.39, 0.29) is 12.4 Å². The molecule has 0 fully saturated rings. The van der Waals surface area contributed by atoms with Crippen LogP contribution in [0.5, 0.6) is 0 Å². The van der Waals surface area contributed by atoms with E-state index in [2.05, 4.69) is 91.7 Å². The molecule has 0 saturated carbocycles. The van der Waals surface area contributed by atoms with Crippen LogP contribution < -0.4 is 0 Å². The van der Waals surface area contributed by atoms with Crippen LogP contribution in [0.1, 0.15) is 43.4 Å². The van der Waals surface area contributed by atoms with Crippen molar-refractivity contribution in [3.05, 3.63) is 83.9 Å². The van der Waals surface area contributed by atoms with Gasteiger partial charge < -0.3 is 0 Å². The van der Waals surface area contributed by atoms with Gasteiger partial charge in [-0.25, -0.2) is 0 Å². The first-order chi connectivity index (χ1) is 11.8. The van der Waals surface area contributed by atoms with Gasteiger partial charge in [-0.2, -0.15) is 0 Å². The molecule has 0 amide bonds. The van der Waals surface area contributed by atoms with Crippen LogP contribution in [0, 0.1) is 0 Å². The molecule has 3 aromatic rings. The van der Waals surface area contributed by atoms with E-state index in [4.69, 9.17) is 0 Å². The van der Waals surface area contributed by atoms with Crippen LogP contribution in [0.15, 0.2) is 72.8 Å². The molecule has 3 rings (SSSR count). The predicted molar refractivity (Wildman–Crippen MR) is 111 cm³/mol. The summed E-state index contributed by atoms with van der Waals surface area (Å²) >= 11 is 0. The lowest BCUT2D eigenvalue weighted by Gasteiger charge is -2.29. The van der Waals surface area contributed by atoms with E-state index >= 15 is 0 Å². The van der Waals surface area contributed by atoms with Gasteiger partial charge in [-0.1, -0.05) is 92.6 Å². The highest BCUT2D eigenvalue weighted by molar-refractivity contribution is 5.85. The van der Waals surface area contributed by atoms with Gasteiger partial charge in [-0.15, -0.1) is 12.4 Å². The summed E-state index contributed by atoms with van der Waals surface area (Å²) in [5.74, 6) is 0. The highest BCUT2D eigenvalue weighted by Gasteiger charge is 2.17. The first-order valence-electron chi connectivity index (χ1n) is 9.01. The second-order valence-corrected chi connectivity index (χ2v) is 6.62. The van der Waals surface area contributed by atoms with Crippen molar-refractivity contribution in [3.63, 3.8) is 0 Å². The van der Waals surface area contributed by atoms with Gasteiger partial charge in [0.05, 0.1) is 0 Å². The molecule has 1 unspecified atom stereocenters. The van der Waals surface area contributed by atoms with E-state index in [9.17, 15) is 0 Å². The highest BCUT2D eigenvalue weighted by Crippen LogP contribution is 2.28. The monoisotopic (exact) mass is 353 g/mol. The van der Waals surface area contributed by atoms with Crippen molar-refractivity contribution in [3.8, 4) is 0 Å². The fraction of sp³-hybridized carbons (Fsp3) is 0.304. The standard InChI is InChI=1S/C23H27N.ClH/c1-3-4-17-23(20-12-6-5-7-13-20)24(2)18-21-15-10-14-19-11-8-9-16-22(19)21;/h5-16,23H,3-4,17-18H2,1-2H3;1H. The number of fused-ring (bicyclic) bond motifs is 1. The molecule has 2 heteroatoms. The summed E-state index contributed by atoms with van der Waals surface area (Å²) in [6.45, 7) is 3.25. The number of halogens is 1. The van der Waals surface area contributed by atoms with Crippen molar-refractivity contribution >= 4 is 23.2 Å². The summed E-state index contributed by atoms with van der Waals surface area (Å²) < 4.78 is 0. The van der Waals surface area contributed by atoms with Gasteiger partial charge in [0.2, 0.25) is 0 Å². The topological polar surface area (TPSA) is 3.24 Å². The van der Waals surface area contributed by atoms with Gasteiger partial charge in [-0.3, -0.25) is 4.90 Å². The highest BCUT2D eigenvalue weighted by atomic mass is 35.5. The molecule has 0 N–H and O–H groups in total. The SMILES string of the molecule is CCCCC(c1ccccc1)N(C)Cc1cccc2ccccc12.Cl. The zero-order chi connectivity index (χ0) is 16.8. The fourth-order valence-electron chi connectivity index (χ4n) is 3.52. The second kappa shape index (κ2) is 9.60. The summed E-state index contributed by atoms with van der Waals surface area (Å²) in [6.07, 6.45) is 3.71. The Morgan fingerprint density at radius 2 is 1.52 bits per heavy atom. The normalized spacial score (nSPS) is 12.1. The summed E-state index contributed by atoms with van der Waals surface area (Å²) in [5.41, 5.74) is 2.83. The Morgan fingerprint density at radius 3 is 2.28 bits per heavy atom. The Labute approximate surface area is 158 Å². The van der Waals surface area contributed by atoms with Crippen molar-refractivity contribution in [2.24, 2.45) is 0 Å². The van der Waals surface area contributed by atoms with Crippen molar-refractivity contribution in [1.29, 1.82) is 0 Å². The minimum absolute atomic E-state index is 0. The van der Waals surface area contributed by atoms with Crippen LogP contribution >= 0.6 is 12.4 Å². The van der Waals surface area contributed by atoms with Crippen molar-refractivity contribution < 1.29 is 0 Å². The molecule has 0 saturated heterocycles. The van der Waals surface area contributed by atoms with Crippen LogP contribution in [0.4, 0.5) is 0 Å². The Hall–Kier alpha value is -1.83. The average Bonchev–Trinajstić information content (AvgIpc) is 2.63. The number of rotatable bonds is 7. The Morgan fingerprint density at radius 1 is 0.840 bits per heavy atom. The number of nitrogens with zero attached hydrogens (tertiary/aromatic N) is 1. The van der Waals surface area contributed by atoms with Gasteiger partial charge in [0.25, 0.3) is 0 Å². The van der Waals surface area contributed by atoms with Crippen LogP contribution in [0.25, 0.3) is 10.8 Å². The van der Waals surface area contributed by atoms with Gasteiger partial charge in [0, 0.05) is 12.6 Å². The largest absolute Gasteiger partial charge is 0.295 e. The van der Waals surface area contributed by atoms with Crippen LogP contribution in [0.3, 0.4) is 0 Å². The van der Waals surface area contributed by atoms with Crippen molar-refractivity contribution in [2.45, 2.75) is 38.8 Å². The molecular weight excluding hydrogens is 326 g/mol. The first-order valence-corrected chi connectivity index (χ1v) is 9.01. The van der Waals surface area contributed by atoms with Gasteiger partial charge in [-0.05, 0) is 35.4 Å². The minimum Gasteiger partial charge on any atom is -0.295 e. The first kappa shape index (κ1) is 19.5. The van der Waals surface area contributed by atoms with E-state index in [1.165, 1.54) is 41.2 Å². The smallest absolute Gasteiger partial charge is 0.0348 e. The third-order valence-electron chi connectivity index (χ3n) is 4.85. The molecule has 0 radical (unpaired) electrons. The van der Waals surface area contributed by atoms with E-state index in [0.717, 1.165) is 6.54 Å². The van der Waals surface area contributed by atoms with Crippen LogP contribution in [-0.4, -0.2) is 11.9 Å². The lowest BCUT2D eigenvalue weighted by Crippen LogP contribution is -2.24. The second-order valence-electron chi connectivity index (χ2n) is 6.62. The van der Waals surface area contributed by atoms with E-state index in [1.807, 2.05) is 0 Å². The molecule has 1 atom stereocenters. The molecule has 1 nitrogen and oxygen atoms in total. The van der Waals surface area contributed by atoms with Crippen LogP contribution in [-0.2, 0) is 6.54 Å². The molecule has 0 aliphatic rings. The zero-order valence-corrected chi connectivity index (χ0v) is 16.0. The lowest BCUT2D eigenvalue weighted by atomic mass is 9.98. The molecule has 0 aliphatic carbocycles. The predicted octanol–water partition coefficient (Wildman–Crippen LogP) is 6.62. The molecule has 0 aromatic heterocycles.